The van der Waals surface area contributed by atoms with Crippen molar-refractivity contribution < 1.29 is 38.8 Å². The molecule has 2 aliphatic rings. The van der Waals surface area contributed by atoms with Gasteiger partial charge in [-0.1, -0.05) is 42.5 Å². The molecule has 0 bridgehead atoms. The van der Waals surface area contributed by atoms with Crippen molar-refractivity contribution in [2.24, 2.45) is 0 Å². The van der Waals surface area contributed by atoms with Gasteiger partial charge in [0.1, 0.15) is 35.6 Å². The monoisotopic (exact) mass is 669 g/mol. The number of hydrazine groups is 1. The summed E-state index contributed by atoms with van der Waals surface area (Å²) in [5.41, 5.74) is 3.37. The van der Waals surface area contributed by atoms with E-state index in [1.54, 1.807) is 58.6 Å². The van der Waals surface area contributed by atoms with Crippen LogP contribution in [0.2, 0.25) is 0 Å². The third kappa shape index (κ3) is 5.77. The van der Waals surface area contributed by atoms with Crippen LogP contribution in [0.1, 0.15) is 64.5 Å². The number of aromatic nitrogens is 2. The highest BCUT2D eigenvalue weighted by atomic mass is 16.6. The fraction of sp³-hybridized carbons (Fsp3) is 0.389. The predicted octanol–water partition coefficient (Wildman–Crippen LogP) is 4.28. The zero-order valence-corrected chi connectivity index (χ0v) is 28.0. The Morgan fingerprint density at radius 1 is 0.918 bits per heavy atom. The number of carbonyl (C=O) groups excluding carboxylic acids is 3. The molecule has 1 aromatic heterocycles. The molecule has 4 aromatic carbocycles. The number of aliphatic hydroxyl groups is 2. The number of nitrogens with zero attached hydrogens (tertiary/aromatic N) is 2. The minimum absolute atomic E-state index is 0.0919. The number of fused-ring (bicyclic) bond motifs is 4. The van der Waals surface area contributed by atoms with Crippen molar-refractivity contribution >= 4 is 50.4 Å². The zero-order valence-electron chi connectivity index (χ0n) is 28.0. The number of amides is 3. The Morgan fingerprint density at radius 3 is 2.27 bits per heavy atom. The molecule has 5 N–H and O–H groups in total. The summed E-state index contributed by atoms with van der Waals surface area (Å²) >= 11 is 0. The second-order valence-corrected chi connectivity index (χ2v) is 14.7. The highest BCUT2D eigenvalue weighted by Gasteiger charge is 2.68. The average molecular weight is 670 g/mol. The number of ether oxygens (including phenoxy) is 3. The molecule has 0 saturated carbocycles. The topological polar surface area (TPSA) is 177 Å². The molecule has 7 rings (SSSR count). The Labute approximate surface area is 281 Å². The lowest BCUT2D eigenvalue weighted by Crippen LogP contribution is -2.54. The molecular weight excluding hydrogens is 630 g/mol. The first-order valence-corrected chi connectivity index (χ1v) is 16.1. The van der Waals surface area contributed by atoms with Crippen molar-refractivity contribution in [1.29, 1.82) is 0 Å². The third-order valence-electron chi connectivity index (χ3n) is 8.75. The fourth-order valence-electron chi connectivity index (χ4n) is 6.84. The van der Waals surface area contributed by atoms with Crippen molar-refractivity contribution in [2.45, 2.75) is 89.2 Å². The molecule has 13 nitrogen and oxygen atoms in total. The molecule has 13 heteroatoms. The van der Waals surface area contributed by atoms with Crippen molar-refractivity contribution in [2.75, 3.05) is 0 Å². The van der Waals surface area contributed by atoms with Gasteiger partial charge in [-0.25, -0.2) is 20.0 Å². The van der Waals surface area contributed by atoms with Gasteiger partial charge in [0, 0.05) is 18.2 Å². The number of epoxide rings is 1. The molecule has 49 heavy (non-hydrogen) atoms. The molecular formula is C36H39N5O8. The van der Waals surface area contributed by atoms with E-state index in [4.69, 9.17) is 14.2 Å². The van der Waals surface area contributed by atoms with E-state index in [1.165, 1.54) is 0 Å². The van der Waals surface area contributed by atoms with Crippen LogP contribution in [0.25, 0.3) is 32.3 Å². The Bertz CT molecular complexity index is 2100. The van der Waals surface area contributed by atoms with E-state index in [1.807, 2.05) is 30.3 Å². The molecule has 0 radical (unpaired) electrons. The number of aliphatic hydroxyl groups excluding tert-OH is 2. The second kappa shape index (κ2) is 11.3. The predicted molar refractivity (Wildman–Crippen MR) is 180 cm³/mol. The van der Waals surface area contributed by atoms with E-state index in [2.05, 4.69) is 39.4 Å². The van der Waals surface area contributed by atoms with Gasteiger partial charge in [0.2, 0.25) is 5.72 Å². The van der Waals surface area contributed by atoms with Gasteiger partial charge in [-0.05, 0) is 85.5 Å². The highest BCUT2D eigenvalue weighted by Crippen LogP contribution is 2.59. The van der Waals surface area contributed by atoms with E-state index in [-0.39, 0.29) is 6.42 Å². The molecule has 1 saturated heterocycles. The van der Waals surface area contributed by atoms with Crippen LogP contribution in [0.4, 0.5) is 9.59 Å². The fourth-order valence-corrected chi connectivity index (χ4v) is 6.84. The number of carbonyl (C=O) groups is 3. The van der Waals surface area contributed by atoms with E-state index in [9.17, 15) is 24.6 Å². The minimum Gasteiger partial charge on any atom is -0.444 e. The van der Waals surface area contributed by atoms with Crippen LogP contribution in [0, 0.1) is 0 Å². The van der Waals surface area contributed by atoms with Gasteiger partial charge < -0.3 is 34.3 Å². The van der Waals surface area contributed by atoms with Crippen molar-refractivity contribution in [3.8, 4) is 0 Å². The number of rotatable bonds is 5. The lowest BCUT2D eigenvalue weighted by molar-refractivity contribution is -0.124. The average Bonchev–Trinajstić information content (AvgIpc) is 3.60. The quantitative estimate of drug-likeness (QED) is 0.104. The first-order chi connectivity index (χ1) is 23.1. The van der Waals surface area contributed by atoms with Gasteiger partial charge in [0.05, 0.1) is 12.0 Å². The minimum atomic E-state index is -1.22. The van der Waals surface area contributed by atoms with E-state index in [0.29, 0.717) is 11.3 Å². The van der Waals surface area contributed by atoms with E-state index in [0.717, 1.165) is 37.9 Å². The maximum atomic E-state index is 13.3. The molecule has 5 atom stereocenters. The Hall–Kier alpha value is -4.98. The Kier molecular flexibility index (Phi) is 7.50. The largest absolute Gasteiger partial charge is 0.444 e. The first kappa shape index (κ1) is 32.6. The van der Waals surface area contributed by atoms with Crippen molar-refractivity contribution in [3.05, 3.63) is 77.9 Å². The van der Waals surface area contributed by atoms with Crippen molar-refractivity contribution in [1.82, 2.24) is 25.7 Å². The second-order valence-electron chi connectivity index (χ2n) is 14.7. The van der Waals surface area contributed by atoms with Gasteiger partial charge in [-0.2, -0.15) is 0 Å². The molecule has 0 spiro atoms. The number of alkyl carbamates (subject to hydrolysis) is 1. The molecule has 1 aliphatic carbocycles. The van der Waals surface area contributed by atoms with Gasteiger partial charge in [0.15, 0.2) is 0 Å². The zero-order chi connectivity index (χ0) is 35.0. The third-order valence-corrected chi connectivity index (χ3v) is 8.75. The number of hydrogen-bond acceptors (Lipinski definition) is 9. The molecule has 1 fully saturated rings. The SMILES string of the molecule is CC(C)(C)OC(=O)NNC(=O)[C@H](Cc1cn([C@@]23O[C@H]2[C@H](O)[C@@H](O)c2cc4ccc5cccc6ccc(c23)c4c56)cn1)NC(=O)OC(C)(C)C. The number of hydrogen-bond donors (Lipinski definition) is 5. The Balaban J connectivity index is 1.23. The molecule has 5 aromatic rings. The summed E-state index contributed by atoms with van der Waals surface area (Å²) in [7, 11) is 0. The molecule has 1 aliphatic heterocycles. The molecule has 3 amide bonds. The summed E-state index contributed by atoms with van der Waals surface area (Å²) < 4.78 is 18.6. The van der Waals surface area contributed by atoms with Gasteiger partial charge in [-0.3, -0.25) is 10.2 Å². The smallest absolute Gasteiger partial charge is 0.426 e. The van der Waals surface area contributed by atoms with Gasteiger partial charge >= 0.3 is 12.2 Å². The van der Waals surface area contributed by atoms with Crippen molar-refractivity contribution in [3.63, 3.8) is 0 Å². The summed E-state index contributed by atoms with van der Waals surface area (Å²) in [6.07, 6.45) is -1.73. The summed E-state index contributed by atoms with van der Waals surface area (Å²) in [5.74, 6) is -0.741. The van der Waals surface area contributed by atoms with Crippen LogP contribution < -0.4 is 16.2 Å². The van der Waals surface area contributed by atoms with Crippen LogP contribution >= 0.6 is 0 Å². The van der Waals surface area contributed by atoms with Crippen LogP contribution in [0.5, 0.6) is 0 Å². The number of benzene rings is 4. The lowest BCUT2D eigenvalue weighted by atomic mass is 9.78. The van der Waals surface area contributed by atoms with E-state index >= 15 is 0 Å². The highest BCUT2D eigenvalue weighted by molar-refractivity contribution is 6.24. The summed E-state index contributed by atoms with van der Waals surface area (Å²) in [4.78, 5) is 42.8. The van der Waals surface area contributed by atoms with Crippen LogP contribution in [0.3, 0.4) is 0 Å². The summed E-state index contributed by atoms with van der Waals surface area (Å²) in [6, 6.07) is 15.0. The lowest BCUT2D eigenvalue weighted by Gasteiger charge is -2.31. The van der Waals surface area contributed by atoms with Gasteiger partial charge in [0.25, 0.3) is 5.91 Å². The van der Waals surface area contributed by atoms with Crippen LogP contribution in [-0.2, 0) is 31.2 Å². The number of imidazole rings is 1. The molecule has 256 valence electrons. The summed E-state index contributed by atoms with van der Waals surface area (Å²) in [5, 5.41) is 31.2. The molecule has 0 unspecified atom stereocenters. The summed E-state index contributed by atoms with van der Waals surface area (Å²) in [6.45, 7) is 10.1. The standard InChI is InChI=1S/C36H39N5O8/c1-34(2,3)48-32(45)38-24(31(44)39-40-33(46)49-35(4,5)6)15-21-16-41(17-37-21)36-27-22-13-12-19-9-7-8-18-10-11-20(26(22)25(18)19)14-23(27)28(42)29(43)30(36)47-36/h7-14,16-17,24,28-30,42-43H,15H2,1-6H3,(H,38,45)(H,39,44)(H,40,46)/t24-,28-,29+,30-,36-/m0/s1. The maximum Gasteiger partial charge on any atom is 0.426 e. The van der Waals surface area contributed by atoms with Crippen LogP contribution in [0.15, 0.2) is 61.1 Å². The van der Waals surface area contributed by atoms with Crippen LogP contribution in [-0.4, -0.2) is 67.3 Å². The normalized spacial score (nSPS) is 22.3. The Morgan fingerprint density at radius 2 is 1.57 bits per heavy atom. The first-order valence-electron chi connectivity index (χ1n) is 16.1. The van der Waals surface area contributed by atoms with Gasteiger partial charge in [-0.15, -0.1) is 0 Å². The van der Waals surface area contributed by atoms with E-state index < -0.39 is 59.4 Å². The number of nitrogens with one attached hydrogen (secondary N) is 3. The maximum absolute atomic E-state index is 13.3. The molecule has 2 heterocycles.